The molecule has 1 N–H and O–H groups in total. The molecular weight excluding hydrogens is 290 g/mol. The number of benzene rings is 1. The van der Waals surface area contributed by atoms with Gasteiger partial charge in [0.25, 0.3) is 5.91 Å². The predicted molar refractivity (Wildman–Crippen MR) is 92.2 cm³/mol. The van der Waals surface area contributed by atoms with Crippen molar-refractivity contribution in [2.45, 2.75) is 47.5 Å². The van der Waals surface area contributed by atoms with Gasteiger partial charge in [0.05, 0.1) is 18.2 Å². The van der Waals surface area contributed by atoms with Crippen LogP contribution in [0.15, 0.2) is 23.4 Å². The number of hydrogen-bond donors (Lipinski definition) is 1. The van der Waals surface area contributed by atoms with Gasteiger partial charge in [0.1, 0.15) is 0 Å². The van der Waals surface area contributed by atoms with Crippen molar-refractivity contribution in [3.8, 4) is 6.07 Å². The Balaban J connectivity index is 2.64. The number of carbonyl (C=O) groups excluding carboxylic acids is 1. The first-order valence-electron chi connectivity index (χ1n) is 7.73. The van der Waals surface area contributed by atoms with E-state index in [4.69, 9.17) is 10.1 Å². The molecule has 0 saturated heterocycles. The summed E-state index contributed by atoms with van der Waals surface area (Å²) in [5, 5.41) is 15.7. The number of nitrogens with one attached hydrogen (secondary N) is 1. The summed E-state index contributed by atoms with van der Waals surface area (Å²) in [4.78, 5) is 17.1. The van der Waals surface area contributed by atoms with Crippen molar-refractivity contribution in [1.29, 1.82) is 5.26 Å². The van der Waals surface area contributed by atoms with Crippen molar-refractivity contribution in [3.05, 3.63) is 29.3 Å². The third-order valence-corrected chi connectivity index (χ3v) is 3.79. The molecule has 0 aromatic heterocycles. The maximum Gasteiger partial charge on any atom is 0.265 e. The van der Waals surface area contributed by atoms with Gasteiger partial charge < -0.3 is 10.2 Å². The second-order valence-corrected chi connectivity index (χ2v) is 6.31. The summed E-state index contributed by atoms with van der Waals surface area (Å²) in [6.45, 7) is 9.81. The molecule has 0 saturated carbocycles. The summed E-state index contributed by atoms with van der Waals surface area (Å²) in [6.07, 6.45) is 1.03. The van der Waals surface area contributed by atoms with Crippen LogP contribution in [0.2, 0.25) is 0 Å². The molecule has 0 bridgehead atoms. The highest BCUT2D eigenvalue weighted by Gasteiger charge is 2.23. The van der Waals surface area contributed by atoms with Gasteiger partial charge in [0.15, 0.2) is 6.61 Å². The molecule has 0 unspecified atom stereocenters. The lowest BCUT2D eigenvalue weighted by molar-refractivity contribution is -0.120. The summed E-state index contributed by atoms with van der Waals surface area (Å²) >= 11 is 0. The average Bonchev–Trinajstić information content (AvgIpc) is 2.45. The summed E-state index contributed by atoms with van der Waals surface area (Å²) in [5.74, 6) is -0.274. The van der Waals surface area contributed by atoms with Crippen LogP contribution >= 0.6 is 0 Å². The number of carbonyl (C=O) groups is 1. The Hall–Kier alpha value is -2.35. The lowest BCUT2D eigenvalue weighted by atomic mass is 9.83. The zero-order chi connectivity index (χ0) is 17.5. The van der Waals surface area contributed by atoms with Crippen molar-refractivity contribution >= 4 is 17.3 Å². The molecule has 5 heteroatoms. The number of hydrogen-bond acceptors (Lipinski definition) is 4. The maximum atomic E-state index is 11.9. The van der Waals surface area contributed by atoms with E-state index in [2.05, 4.69) is 16.5 Å². The van der Waals surface area contributed by atoms with E-state index >= 15 is 0 Å². The van der Waals surface area contributed by atoms with Gasteiger partial charge in [-0.15, -0.1) is 0 Å². The fourth-order valence-corrected chi connectivity index (χ4v) is 2.09. The molecule has 0 aliphatic carbocycles. The molecule has 0 radical (unpaired) electrons. The van der Waals surface area contributed by atoms with Crippen LogP contribution in [0.1, 0.15) is 44.7 Å². The lowest BCUT2D eigenvalue weighted by Gasteiger charge is -2.22. The molecule has 124 valence electrons. The number of anilines is 1. The molecule has 1 aromatic carbocycles. The number of nitrogens with zero attached hydrogens (tertiary/aromatic N) is 2. The van der Waals surface area contributed by atoms with Crippen LogP contribution in [0.4, 0.5) is 5.69 Å². The monoisotopic (exact) mass is 315 g/mol. The van der Waals surface area contributed by atoms with Gasteiger partial charge in [0.2, 0.25) is 0 Å². The summed E-state index contributed by atoms with van der Waals surface area (Å²) < 4.78 is 0. The molecule has 0 spiro atoms. The quantitative estimate of drug-likeness (QED) is 0.611. The number of rotatable bonds is 7. The van der Waals surface area contributed by atoms with Gasteiger partial charge in [0, 0.05) is 11.1 Å². The van der Waals surface area contributed by atoms with Gasteiger partial charge in [-0.05, 0) is 43.5 Å². The third-order valence-electron chi connectivity index (χ3n) is 3.79. The number of nitriles is 1. The zero-order valence-electron chi connectivity index (χ0n) is 14.6. The van der Waals surface area contributed by atoms with E-state index in [9.17, 15) is 4.79 Å². The number of oxime groups is 1. The smallest absolute Gasteiger partial charge is 0.265 e. The van der Waals surface area contributed by atoms with Gasteiger partial charge in [-0.2, -0.15) is 5.26 Å². The van der Waals surface area contributed by atoms with E-state index in [1.54, 1.807) is 0 Å². The standard InChI is InChI=1S/C18H25N3O2/c1-6-18(4,5)16(7-8-19)21-23-12-17(22)20-15-10-13(2)9-14(3)11-15/h9-11H,6-7,12H2,1-5H3,(H,20,22)/b21-16+. The SMILES string of the molecule is CCC(C)(C)/C(CC#N)=N/OCC(=O)Nc1cc(C)cc(C)c1. The molecule has 23 heavy (non-hydrogen) atoms. The highest BCUT2D eigenvalue weighted by atomic mass is 16.6. The van der Waals surface area contributed by atoms with Crippen LogP contribution in [-0.4, -0.2) is 18.2 Å². The van der Waals surface area contributed by atoms with E-state index < -0.39 is 0 Å². The Bertz CT molecular complexity index is 607. The molecule has 1 amide bonds. The predicted octanol–water partition coefficient (Wildman–Crippen LogP) is 3.96. The normalized spacial score (nSPS) is 11.7. The van der Waals surface area contributed by atoms with Crippen molar-refractivity contribution in [2.75, 3.05) is 11.9 Å². The lowest BCUT2D eigenvalue weighted by Crippen LogP contribution is -2.24. The fourth-order valence-electron chi connectivity index (χ4n) is 2.09. The summed E-state index contributed by atoms with van der Waals surface area (Å²) in [5.41, 5.74) is 3.34. The molecule has 0 aliphatic rings. The first-order chi connectivity index (χ1) is 10.8. The molecule has 0 heterocycles. The molecule has 0 atom stereocenters. The van der Waals surface area contributed by atoms with E-state index in [1.165, 1.54) is 0 Å². The Morgan fingerprint density at radius 1 is 1.30 bits per heavy atom. The van der Waals surface area contributed by atoms with Crippen molar-refractivity contribution in [1.82, 2.24) is 0 Å². The van der Waals surface area contributed by atoms with Crippen LogP contribution in [0, 0.1) is 30.6 Å². The Morgan fingerprint density at radius 3 is 2.43 bits per heavy atom. The minimum Gasteiger partial charge on any atom is -0.386 e. The highest BCUT2D eigenvalue weighted by Crippen LogP contribution is 2.24. The maximum absolute atomic E-state index is 11.9. The molecule has 0 aliphatic heterocycles. The minimum atomic E-state index is -0.274. The molecular formula is C18H25N3O2. The van der Waals surface area contributed by atoms with Crippen LogP contribution in [-0.2, 0) is 9.63 Å². The van der Waals surface area contributed by atoms with Crippen molar-refractivity contribution in [2.24, 2.45) is 10.6 Å². The van der Waals surface area contributed by atoms with E-state index in [-0.39, 0.29) is 24.3 Å². The van der Waals surface area contributed by atoms with Crippen molar-refractivity contribution in [3.63, 3.8) is 0 Å². The number of aryl methyl sites for hydroxylation is 2. The van der Waals surface area contributed by atoms with Crippen LogP contribution in [0.25, 0.3) is 0 Å². The largest absolute Gasteiger partial charge is 0.386 e. The fraction of sp³-hybridized carbons (Fsp3) is 0.500. The molecule has 1 rings (SSSR count). The highest BCUT2D eigenvalue weighted by molar-refractivity contribution is 5.92. The number of amides is 1. The Kier molecular flexibility index (Phi) is 6.77. The molecule has 1 aromatic rings. The van der Waals surface area contributed by atoms with Gasteiger partial charge in [-0.1, -0.05) is 32.0 Å². The molecule has 5 nitrogen and oxygen atoms in total. The van der Waals surface area contributed by atoms with E-state index in [0.717, 1.165) is 23.2 Å². The van der Waals surface area contributed by atoms with Crippen LogP contribution in [0.5, 0.6) is 0 Å². The van der Waals surface area contributed by atoms with Crippen molar-refractivity contribution < 1.29 is 9.63 Å². The molecule has 0 fully saturated rings. The zero-order valence-corrected chi connectivity index (χ0v) is 14.6. The van der Waals surface area contributed by atoms with Crippen LogP contribution < -0.4 is 5.32 Å². The third kappa shape index (κ3) is 6.11. The second-order valence-electron chi connectivity index (χ2n) is 6.31. The first-order valence-corrected chi connectivity index (χ1v) is 7.73. The summed E-state index contributed by atoms with van der Waals surface area (Å²) in [6, 6.07) is 7.92. The van der Waals surface area contributed by atoms with E-state index in [0.29, 0.717) is 5.71 Å². The van der Waals surface area contributed by atoms with Crippen LogP contribution in [0.3, 0.4) is 0 Å². The van der Waals surface area contributed by atoms with E-state index in [1.807, 2.05) is 52.8 Å². The average molecular weight is 315 g/mol. The second kappa shape index (κ2) is 8.33. The summed E-state index contributed by atoms with van der Waals surface area (Å²) in [7, 11) is 0. The first kappa shape index (κ1) is 18.7. The Labute approximate surface area is 138 Å². The van der Waals surface area contributed by atoms with Gasteiger partial charge in [-0.3, -0.25) is 4.79 Å². The Morgan fingerprint density at radius 2 is 1.91 bits per heavy atom. The van der Waals surface area contributed by atoms with Gasteiger partial charge in [-0.25, -0.2) is 0 Å². The topological polar surface area (TPSA) is 74.5 Å². The van der Waals surface area contributed by atoms with Gasteiger partial charge >= 0.3 is 0 Å². The minimum absolute atomic E-state index is 0.179.